The van der Waals surface area contributed by atoms with Crippen LogP contribution in [0, 0.1) is 0 Å². The number of nitrogens with one attached hydrogen (secondary N) is 1. The van der Waals surface area contributed by atoms with Crippen LogP contribution in [0.3, 0.4) is 0 Å². The molecule has 5 nitrogen and oxygen atoms in total. The molecule has 0 aliphatic carbocycles. The molecule has 0 bridgehead atoms. The van der Waals surface area contributed by atoms with Crippen molar-refractivity contribution >= 4 is 5.91 Å². The van der Waals surface area contributed by atoms with Crippen LogP contribution in [0.25, 0.3) is 0 Å². The van der Waals surface area contributed by atoms with Crippen molar-refractivity contribution in [2.24, 2.45) is 0 Å². The van der Waals surface area contributed by atoms with Gasteiger partial charge < -0.3 is 19.5 Å². The van der Waals surface area contributed by atoms with Crippen molar-refractivity contribution in [3.63, 3.8) is 0 Å². The van der Waals surface area contributed by atoms with Gasteiger partial charge in [0, 0.05) is 12.2 Å². The molecule has 1 aliphatic heterocycles. The number of carbonyl (C=O) groups is 1. The molecule has 2 atom stereocenters. The zero-order chi connectivity index (χ0) is 14.4. The Morgan fingerprint density at radius 2 is 2.20 bits per heavy atom. The first kappa shape index (κ1) is 14.8. The average molecular weight is 279 g/mol. The number of hydrogen-bond acceptors (Lipinski definition) is 4. The van der Waals surface area contributed by atoms with Crippen LogP contribution in [0.1, 0.15) is 12.5 Å². The second-order valence-corrected chi connectivity index (χ2v) is 4.69. The highest BCUT2D eigenvalue weighted by Gasteiger charge is 2.30. The van der Waals surface area contributed by atoms with Gasteiger partial charge >= 0.3 is 0 Å². The fourth-order valence-electron chi connectivity index (χ4n) is 2.33. The van der Waals surface area contributed by atoms with Gasteiger partial charge in [-0.25, -0.2) is 0 Å². The van der Waals surface area contributed by atoms with Crippen LogP contribution in [0.15, 0.2) is 24.3 Å². The summed E-state index contributed by atoms with van der Waals surface area (Å²) in [7, 11) is 1.60. The predicted molar refractivity (Wildman–Crippen MR) is 74.9 cm³/mol. The summed E-state index contributed by atoms with van der Waals surface area (Å²) in [6.07, 6.45) is 0.237. The van der Waals surface area contributed by atoms with Crippen LogP contribution < -0.4 is 10.1 Å². The molecule has 0 unspecified atom stereocenters. The molecule has 0 spiro atoms. The molecule has 20 heavy (non-hydrogen) atoms. The molecule has 1 N–H and O–H groups in total. The molecule has 2 rings (SSSR count). The Morgan fingerprint density at radius 3 is 2.95 bits per heavy atom. The zero-order valence-corrected chi connectivity index (χ0v) is 11.9. The normalized spacial score (nSPS) is 21.7. The Labute approximate surface area is 119 Å². The number of methoxy groups -OCH3 is 1. The van der Waals surface area contributed by atoms with Crippen LogP contribution in [-0.2, 0) is 20.7 Å². The minimum absolute atomic E-state index is 0.0466. The lowest BCUT2D eigenvalue weighted by Crippen LogP contribution is -2.44. The Morgan fingerprint density at radius 1 is 1.40 bits per heavy atom. The van der Waals surface area contributed by atoms with E-state index in [9.17, 15) is 4.79 Å². The molecule has 1 amide bonds. The maximum Gasteiger partial charge on any atom is 0.224 e. The molecule has 0 aromatic heterocycles. The quantitative estimate of drug-likeness (QED) is 0.849. The van der Waals surface area contributed by atoms with Gasteiger partial charge in [-0.15, -0.1) is 0 Å². The summed E-state index contributed by atoms with van der Waals surface area (Å²) in [6.45, 7) is 3.59. The lowest BCUT2D eigenvalue weighted by molar-refractivity contribution is -0.122. The molecule has 5 heteroatoms. The van der Waals surface area contributed by atoms with E-state index in [2.05, 4.69) is 5.32 Å². The third-order valence-electron chi connectivity index (χ3n) is 3.30. The Bertz CT molecular complexity index is 449. The summed E-state index contributed by atoms with van der Waals surface area (Å²) in [5.74, 6) is 0.682. The first-order valence-electron chi connectivity index (χ1n) is 6.85. The van der Waals surface area contributed by atoms with E-state index in [-0.39, 0.29) is 18.1 Å². The van der Waals surface area contributed by atoms with E-state index in [1.807, 2.05) is 31.2 Å². The van der Waals surface area contributed by atoms with Crippen molar-refractivity contribution < 1.29 is 19.0 Å². The van der Waals surface area contributed by atoms with Gasteiger partial charge in [-0.3, -0.25) is 4.79 Å². The summed E-state index contributed by atoms with van der Waals surface area (Å²) >= 11 is 0. The third-order valence-corrected chi connectivity index (χ3v) is 3.30. The average Bonchev–Trinajstić information content (AvgIpc) is 2.87. The molecule has 0 radical (unpaired) electrons. The van der Waals surface area contributed by atoms with Gasteiger partial charge in [-0.05, 0) is 13.0 Å². The maximum absolute atomic E-state index is 12.1. The SMILES string of the molecule is CCO[C@H]1COC[C@@H]1NC(=O)Cc1ccccc1OC. The number of hydrogen-bond donors (Lipinski definition) is 1. The summed E-state index contributed by atoms with van der Waals surface area (Å²) in [5, 5.41) is 2.97. The monoisotopic (exact) mass is 279 g/mol. The van der Waals surface area contributed by atoms with Crippen molar-refractivity contribution in [3.05, 3.63) is 29.8 Å². The topological polar surface area (TPSA) is 56.8 Å². The van der Waals surface area contributed by atoms with Crippen molar-refractivity contribution in [3.8, 4) is 5.75 Å². The van der Waals surface area contributed by atoms with Gasteiger partial charge in [-0.2, -0.15) is 0 Å². The Hall–Kier alpha value is -1.59. The van der Waals surface area contributed by atoms with Gasteiger partial charge in [0.2, 0.25) is 5.91 Å². The standard InChI is InChI=1S/C15H21NO4/c1-3-20-14-10-19-9-12(14)16-15(17)8-11-6-4-5-7-13(11)18-2/h4-7,12,14H,3,8-10H2,1-2H3,(H,16,17)/t12-,14-/m0/s1. The molecule has 0 saturated carbocycles. The number of para-hydroxylation sites is 1. The number of rotatable bonds is 6. The number of benzene rings is 1. The van der Waals surface area contributed by atoms with Gasteiger partial charge in [0.25, 0.3) is 0 Å². The number of carbonyl (C=O) groups excluding carboxylic acids is 1. The zero-order valence-electron chi connectivity index (χ0n) is 11.9. The van der Waals surface area contributed by atoms with E-state index >= 15 is 0 Å². The van der Waals surface area contributed by atoms with E-state index < -0.39 is 0 Å². The molecule has 1 saturated heterocycles. The summed E-state index contributed by atoms with van der Waals surface area (Å²) in [6, 6.07) is 7.45. The van der Waals surface area contributed by atoms with Crippen LogP contribution in [-0.4, -0.2) is 45.0 Å². The van der Waals surface area contributed by atoms with E-state index in [4.69, 9.17) is 14.2 Å². The van der Waals surface area contributed by atoms with Crippen molar-refractivity contribution in [2.75, 3.05) is 26.9 Å². The van der Waals surface area contributed by atoms with Gasteiger partial charge in [0.1, 0.15) is 11.9 Å². The molecular formula is C15H21NO4. The predicted octanol–water partition coefficient (Wildman–Crippen LogP) is 1.16. The molecule has 1 aromatic rings. The van der Waals surface area contributed by atoms with Crippen LogP contribution >= 0.6 is 0 Å². The van der Waals surface area contributed by atoms with Crippen molar-refractivity contribution in [2.45, 2.75) is 25.5 Å². The molecular weight excluding hydrogens is 258 g/mol. The molecule has 110 valence electrons. The van der Waals surface area contributed by atoms with E-state index in [1.165, 1.54) is 0 Å². The van der Waals surface area contributed by atoms with Gasteiger partial charge in [0.15, 0.2) is 0 Å². The number of ether oxygens (including phenoxy) is 3. The van der Waals surface area contributed by atoms with E-state index in [1.54, 1.807) is 7.11 Å². The molecule has 1 aromatic carbocycles. The smallest absolute Gasteiger partial charge is 0.224 e. The van der Waals surface area contributed by atoms with Crippen molar-refractivity contribution in [1.29, 1.82) is 0 Å². The molecule has 1 heterocycles. The maximum atomic E-state index is 12.1. The van der Waals surface area contributed by atoms with Gasteiger partial charge in [0.05, 0.1) is 32.8 Å². The molecule has 1 aliphatic rings. The Kier molecular flexibility index (Phi) is 5.38. The minimum atomic E-state index is -0.0721. The van der Waals surface area contributed by atoms with Crippen LogP contribution in [0.5, 0.6) is 5.75 Å². The fourth-order valence-corrected chi connectivity index (χ4v) is 2.33. The minimum Gasteiger partial charge on any atom is -0.496 e. The highest BCUT2D eigenvalue weighted by atomic mass is 16.5. The first-order chi connectivity index (χ1) is 9.74. The lowest BCUT2D eigenvalue weighted by atomic mass is 10.1. The van der Waals surface area contributed by atoms with E-state index in [0.29, 0.717) is 26.2 Å². The number of amides is 1. The van der Waals surface area contributed by atoms with Crippen molar-refractivity contribution in [1.82, 2.24) is 5.32 Å². The Balaban J connectivity index is 1.92. The molecule has 1 fully saturated rings. The second kappa shape index (κ2) is 7.26. The van der Waals surface area contributed by atoms with E-state index in [0.717, 1.165) is 11.3 Å². The first-order valence-corrected chi connectivity index (χ1v) is 6.85. The summed E-state index contributed by atoms with van der Waals surface area (Å²) in [4.78, 5) is 12.1. The highest BCUT2D eigenvalue weighted by Crippen LogP contribution is 2.18. The van der Waals surface area contributed by atoms with Crippen LogP contribution in [0.2, 0.25) is 0 Å². The third kappa shape index (κ3) is 3.71. The largest absolute Gasteiger partial charge is 0.496 e. The lowest BCUT2D eigenvalue weighted by Gasteiger charge is -2.19. The van der Waals surface area contributed by atoms with Crippen LogP contribution in [0.4, 0.5) is 0 Å². The second-order valence-electron chi connectivity index (χ2n) is 4.69. The summed E-state index contributed by atoms with van der Waals surface area (Å²) < 4.78 is 16.1. The fraction of sp³-hybridized carbons (Fsp3) is 0.533. The highest BCUT2D eigenvalue weighted by molar-refractivity contribution is 5.79. The van der Waals surface area contributed by atoms with Gasteiger partial charge in [-0.1, -0.05) is 18.2 Å². The summed E-state index contributed by atoms with van der Waals surface area (Å²) in [5.41, 5.74) is 0.874.